The lowest BCUT2D eigenvalue weighted by Crippen LogP contribution is -2.43. The molecule has 0 saturated heterocycles. The van der Waals surface area contributed by atoms with Crippen LogP contribution in [-0.2, 0) is 16.0 Å². The number of carbonyl (C=O) groups is 2. The zero-order valence-corrected chi connectivity index (χ0v) is 21.5. The van der Waals surface area contributed by atoms with Gasteiger partial charge in [0.2, 0.25) is 0 Å². The Morgan fingerprint density at radius 2 is 1.45 bits per heavy atom. The summed E-state index contributed by atoms with van der Waals surface area (Å²) in [6.45, 7) is 0. The van der Waals surface area contributed by atoms with Crippen LogP contribution in [0.4, 0.5) is 4.39 Å². The van der Waals surface area contributed by atoms with Gasteiger partial charge >= 0.3 is 5.97 Å². The number of hydrogen-bond donors (Lipinski definition) is 2. The van der Waals surface area contributed by atoms with Gasteiger partial charge in [0.15, 0.2) is 0 Å². The van der Waals surface area contributed by atoms with Crippen LogP contribution in [-0.4, -0.2) is 37.2 Å². The number of ether oxygens (including phenoxy) is 2. The van der Waals surface area contributed by atoms with Gasteiger partial charge in [0.05, 0.1) is 24.8 Å². The number of rotatable bonds is 8. The van der Waals surface area contributed by atoms with Crippen molar-refractivity contribution in [1.29, 1.82) is 0 Å². The molecule has 0 bridgehead atoms. The number of hydrogen-bond acceptors (Lipinski definition) is 5. The standard InChI is InChI=1S/C30H25ClFNO5/c1-37-23-11-7-20(8-12-23)19-5-3-18(4-6-19)15-27(30(36)38-2)33-29(35)24-16-21(10-14-28(24)34)22-9-13-26(32)25(31)17-22/h3-14,16-17,27,34H,15H2,1-2H3,(H,33,35)/t27-/m0/s1. The average molecular weight is 534 g/mol. The Morgan fingerprint density at radius 1 is 0.868 bits per heavy atom. The molecule has 0 aliphatic heterocycles. The molecular weight excluding hydrogens is 509 g/mol. The second-order valence-electron chi connectivity index (χ2n) is 8.54. The van der Waals surface area contributed by atoms with Crippen molar-refractivity contribution in [2.75, 3.05) is 14.2 Å². The minimum atomic E-state index is -0.998. The molecule has 38 heavy (non-hydrogen) atoms. The van der Waals surface area contributed by atoms with Gasteiger partial charge in [-0.05, 0) is 64.2 Å². The summed E-state index contributed by atoms with van der Waals surface area (Å²) in [6, 6.07) is 22.8. The number of phenolic OH excluding ortho intramolecular Hbond substituents is 1. The lowest BCUT2D eigenvalue weighted by molar-refractivity contribution is -0.142. The maximum absolute atomic E-state index is 13.6. The summed E-state index contributed by atoms with van der Waals surface area (Å²) in [5, 5.41) is 12.9. The molecule has 4 rings (SSSR count). The Morgan fingerprint density at radius 3 is 2.05 bits per heavy atom. The highest BCUT2D eigenvalue weighted by molar-refractivity contribution is 6.31. The second kappa shape index (κ2) is 11.8. The highest BCUT2D eigenvalue weighted by atomic mass is 35.5. The van der Waals surface area contributed by atoms with Crippen LogP contribution in [0.5, 0.6) is 11.5 Å². The Labute approximate surface area is 224 Å². The summed E-state index contributed by atoms with van der Waals surface area (Å²) in [7, 11) is 2.85. The molecule has 0 aromatic heterocycles. The number of phenols is 1. The SMILES string of the molecule is COC(=O)[C@H](Cc1ccc(-c2ccc(OC)cc2)cc1)NC(=O)c1cc(-c2ccc(F)c(Cl)c2)ccc1O. The van der Waals surface area contributed by atoms with E-state index in [-0.39, 0.29) is 22.8 Å². The molecule has 4 aromatic carbocycles. The van der Waals surface area contributed by atoms with Crippen molar-refractivity contribution in [3.8, 4) is 33.8 Å². The van der Waals surface area contributed by atoms with Crippen molar-refractivity contribution < 1.29 is 28.6 Å². The summed E-state index contributed by atoms with van der Waals surface area (Å²) in [4.78, 5) is 25.6. The molecule has 8 heteroatoms. The molecule has 0 saturated carbocycles. The van der Waals surface area contributed by atoms with E-state index in [1.165, 1.54) is 37.4 Å². The fourth-order valence-electron chi connectivity index (χ4n) is 4.00. The minimum Gasteiger partial charge on any atom is -0.507 e. The van der Waals surface area contributed by atoms with Crippen LogP contribution in [0.15, 0.2) is 84.9 Å². The Balaban J connectivity index is 1.52. The molecule has 0 aliphatic rings. The van der Waals surface area contributed by atoms with Crippen LogP contribution in [0.1, 0.15) is 15.9 Å². The Hall–Kier alpha value is -4.36. The van der Waals surface area contributed by atoms with E-state index >= 15 is 0 Å². The summed E-state index contributed by atoms with van der Waals surface area (Å²) >= 11 is 5.89. The van der Waals surface area contributed by atoms with Crippen LogP contribution >= 0.6 is 11.6 Å². The zero-order valence-electron chi connectivity index (χ0n) is 20.7. The van der Waals surface area contributed by atoms with Gasteiger partial charge in [-0.3, -0.25) is 4.79 Å². The number of nitrogens with one attached hydrogen (secondary N) is 1. The Bertz CT molecular complexity index is 1450. The molecule has 0 heterocycles. The monoisotopic (exact) mass is 533 g/mol. The van der Waals surface area contributed by atoms with Crippen molar-refractivity contribution in [1.82, 2.24) is 5.32 Å². The fraction of sp³-hybridized carbons (Fsp3) is 0.133. The number of carbonyl (C=O) groups excluding carboxylic acids is 2. The molecule has 0 radical (unpaired) electrons. The van der Waals surface area contributed by atoms with Crippen molar-refractivity contribution in [2.45, 2.75) is 12.5 Å². The summed E-state index contributed by atoms with van der Waals surface area (Å²) < 4.78 is 23.7. The topological polar surface area (TPSA) is 84.9 Å². The maximum atomic E-state index is 13.6. The number of halogens is 2. The second-order valence-corrected chi connectivity index (χ2v) is 8.95. The van der Waals surface area contributed by atoms with E-state index in [2.05, 4.69) is 5.32 Å². The van der Waals surface area contributed by atoms with Gasteiger partial charge in [0.25, 0.3) is 5.91 Å². The first kappa shape index (κ1) is 26.7. The van der Waals surface area contributed by atoms with Gasteiger partial charge in [-0.25, -0.2) is 9.18 Å². The van der Waals surface area contributed by atoms with Crippen LogP contribution < -0.4 is 10.1 Å². The van der Waals surface area contributed by atoms with Crippen molar-refractivity contribution in [2.24, 2.45) is 0 Å². The smallest absolute Gasteiger partial charge is 0.328 e. The van der Waals surface area contributed by atoms with E-state index < -0.39 is 23.7 Å². The van der Waals surface area contributed by atoms with E-state index in [4.69, 9.17) is 21.1 Å². The summed E-state index contributed by atoms with van der Waals surface area (Å²) in [5.41, 5.74) is 3.85. The van der Waals surface area contributed by atoms with Crippen LogP contribution in [0, 0.1) is 5.82 Å². The predicted molar refractivity (Wildman–Crippen MR) is 144 cm³/mol. The molecule has 2 N–H and O–H groups in total. The Kier molecular flexibility index (Phi) is 8.28. The summed E-state index contributed by atoms with van der Waals surface area (Å²) in [5.74, 6) is -1.36. The van der Waals surface area contributed by atoms with Gasteiger partial charge in [0.1, 0.15) is 23.4 Å². The number of esters is 1. The van der Waals surface area contributed by atoms with Crippen molar-refractivity contribution >= 4 is 23.5 Å². The van der Waals surface area contributed by atoms with Crippen LogP contribution in [0.3, 0.4) is 0 Å². The molecule has 4 aromatic rings. The quantitative estimate of drug-likeness (QED) is 0.270. The number of benzene rings is 4. The molecular formula is C30H25ClFNO5. The van der Waals surface area contributed by atoms with Crippen molar-refractivity contribution in [3.05, 3.63) is 107 Å². The first-order chi connectivity index (χ1) is 18.3. The molecule has 0 unspecified atom stereocenters. The first-order valence-electron chi connectivity index (χ1n) is 11.7. The summed E-state index contributed by atoms with van der Waals surface area (Å²) in [6.07, 6.45) is 0.176. The van der Waals surface area contributed by atoms with Gasteiger partial charge < -0.3 is 19.9 Å². The van der Waals surface area contributed by atoms with Gasteiger partial charge in [-0.1, -0.05) is 60.1 Å². The molecule has 0 fully saturated rings. The molecule has 0 spiro atoms. The van der Waals surface area contributed by atoms with Crippen LogP contribution in [0.25, 0.3) is 22.3 Å². The number of methoxy groups -OCH3 is 2. The van der Waals surface area contributed by atoms with E-state index in [0.29, 0.717) is 11.1 Å². The number of amides is 1. The van der Waals surface area contributed by atoms with Gasteiger partial charge in [0, 0.05) is 6.42 Å². The fourth-order valence-corrected chi connectivity index (χ4v) is 4.18. The molecule has 1 amide bonds. The third-order valence-electron chi connectivity index (χ3n) is 6.10. The molecule has 0 aliphatic carbocycles. The van der Waals surface area contributed by atoms with Gasteiger partial charge in [-0.2, -0.15) is 0 Å². The van der Waals surface area contributed by atoms with Crippen LogP contribution in [0.2, 0.25) is 5.02 Å². The number of aromatic hydroxyl groups is 1. The molecule has 1 atom stereocenters. The largest absolute Gasteiger partial charge is 0.507 e. The minimum absolute atomic E-state index is 0.0493. The highest BCUT2D eigenvalue weighted by Crippen LogP contribution is 2.29. The third kappa shape index (κ3) is 6.12. The van der Waals surface area contributed by atoms with E-state index in [1.807, 2.05) is 48.5 Å². The third-order valence-corrected chi connectivity index (χ3v) is 6.39. The maximum Gasteiger partial charge on any atom is 0.328 e. The first-order valence-corrected chi connectivity index (χ1v) is 12.1. The zero-order chi connectivity index (χ0) is 27.2. The van der Waals surface area contributed by atoms with E-state index in [0.717, 1.165) is 22.4 Å². The lowest BCUT2D eigenvalue weighted by Gasteiger charge is -2.18. The molecule has 194 valence electrons. The molecule has 6 nitrogen and oxygen atoms in total. The van der Waals surface area contributed by atoms with Crippen molar-refractivity contribution in [3.63, 3.8) is 0 Å². The van der Waals surface area contributed by atoms with E-state index in [1.54, 1.807) is 13.2 Å². The highest BCUT2D eigenvalue weighted by Gasteiger charge is 2.24. The van der Waals surface area contributed by atoms with E-state index in [9.17, 15) is 19.1 Å². The lowest BCUT2D eigenvalue weighted by atomic mass is 9.99. The average Bonchev–Trinajstić information content (AvgIpc) is 2.94. The predicted octanol–water partition coefficient (Wildman–Crippen LogP) is 6.04. The van der Waals surface area contributed by atoms with Gasteiger partial charge in [-0.15, -0.1) is 0 Å². The normalized spacial score (nSPS) is 11.5.